The Kier molecular flexibility index (Phi) is 6.98. The highest BCUT2D eigenvalue weighted by Crippen LogP contribution is 2.22. The van der Waals surface area contributed by atoms with Crippen molar-refractivity contribution in [1.29, 1.82) is 5.26 Å². The fourth-order valence-corrected chi connectivity index (χ4v) is 4.27. The predicted molar refractivity (Wildman–Crippen MR) is 105 cm³/mol. The fourth-order valence-electron chi connectivity index (χ4n) is 3.51. The first-order valence-corrected chi connectivity index (χ1v) is 10.2. The van der Waals surface area contributed by atoms with E-state index in [0.717, 1.165) is 50.6 Å². The third-order valence-electron chi connectivity index (χ3n) is 5.09. The zero-order chi connectivity index (χ0) is 19.9. The Morgan fingerprint density at radius 1 is 1.29 bits per heavy atom. The summed E-state index contributed by atoms with van der Waals surface area (Å²) in [5, 5.41) is 14.3. The molecule has 1 aromatic heterocycles. The standard InChI is InChI=1S/C20H23FN4O2S/c1-27-18-3-2-17(21)12-16(18)14-25-9-7-24(8-10-25)6-4-19(26)23-20-15(13-22)5-11-28-20/h2-3,5,11-12H,4,6-10,14H2,1H3,(H,23,26)/p+2. The molecule has 0 atom stereocenters. The second kappa shape index (κ2) is 9.64. The van der Waals surface area contributed by atoms with E-state index in [2.05, 4.69) is 11.4 Å². The molecule has 1 aliphatic heterocycles. The monoisotopic (exact) mass is 404 g/mol. The number of nitrogens with zero attached hydrogens (tertiary/aromatic N) is 1. The SMILES string of the molecule is COc1ccc(F)cc1C[NH+]1CC[NH+](CCC(=O)Nc2sccc2C#N)CC1. The molecule has 8 heteroatoms. The second-order valence-corrected chi connectivity index (χ2v) is 7.87. The van der Waals surface area contributed by atoms with Crippen LogP contribution in [0.1, 0.15) is 17.5 Å². The Labute approximate surface area is 168 Å². The van der Waals surface area contributed by atoms with Gasteiger partial charge in [0, 0.05) is 0 Å². The van der Waals surface area contributed by atoms with Crippen molar-refractivity contribution < 1.29 is 23.7 Å². The lowest BCUT2D eigenvalue weighted by atomic mass is 10.1. The molecule has 1 fully saturated rings. The molecule has 0 saturated carbocycles. The number of hydrogen-bond donors (Lipinski definition) is 3. The van der Waals surface area contributed by atoms with Crippen LogP contribution >= 0.6 is 11.3 Å². The number of nitriles is 1. The number of carbonyl (C=O) groups excluding carboxylic acids is 1. The number of hydrogen-bond acceptors (Lipinski definition) is 4. The number of quaternary nitrogens is 2. The van der Waals surface area contributed by atoms with Gasteiger partial charge in [0.2, 0.25) is 5.91 Å². The third kappa shape index (κ3) is 5.29. The lowest BCUT2D eigenvalue weighted by molar-refractivity contribution is -1.02. The summed E-state index contributed by atoms with van der Waals surface area (Å²) < 4.78 is 18.9. The van der Waals surface area contributed by atoms with E-state index >= 15 is 0 Å². The van der Waals surface area contributed by atoms with Crippen molar-refractivity contribution in [2.75, 3.05) is 45.2 Å². The van der Waals surface area contributed by atoms with Crippen LogP contribution in [-0.4, -0.2) is 45.7 Å². The van der Waals surface area contributed by atoms with E-state index in [-0.39, 0.29) is 11.7 Å². The smallest absolute Gasteiger partial charge is 0.230 e. The third-order valence-corrected chi connectivity index (χ3v) is 5.92. The lowest BCUT2D eigenvalue weighted by Crippen LogP contribution is -3.27. The van der Waals surface area contributed by atoms with E-state index in [4.69, 9.17) is 10.00 Å². The Balaban J connectivity index is 1.43. The van der Waals surface area contributed by atoms with Crippen LogP contribution in [0.4, 0.5) is 9.39 Å². The average molecular weight is 405 g/mol. The molecule has 3 rings (SSSR count). The van der Waals surface area contributed by atoms with E-state index in [1.165, 1.54) is 27.2 Å². The number of methoxy groups -OCH3 is 1. The number of halogens is 1. The van der Waals surface area contributed by atoms with Gasteiger partial charge in [0.15, 0.2) is 0 Å². The molecular formula is C20H25FN4O2S+2. The maximum Gasteiger partial charge on any atom is 0.230 e. The van der Waals surface area contributed by atoms with Crippen molar-refractivity contribution in [2.45, 2.75) is 13.0 Å². The number of anilines is 1. The zero-order valence-electron chi connectivity index (χ0n) is 15.9. The zero-order valence-corrected chi connectivity index (χ0v) is 16.7. The molecule has 3 N–H and O–H groups in total. The molecule has 28 heavy (non-hydrogen) atoms. The highest BCUT2D eigenvalue weighted by molar-refractivity contribution is 7.14. The van der Waals surface area contributed by atoms with Gasteiger partial charge in [-0.05, 0) is 29.6 Å². The lowest BCUT2D eigenvalue weighted by Gasteiger charge is -2.30. The molecule has 1 saturated heterocycles. The highest BCUT2D eigenvalue weighted by Gasteiger charge is 2.24. The molecule has 148 valence electrons. The molecule has 2 aromatic rings. The number of thiophene rings is 1. The Morgan fingerprint density at radius 2 is 2.04 bits per heavy atom. The summed E-state index contributed by atoms with van der Waals surface area (Å²) in [5.41, 5.74) is 1.40. The van der Waals surface area contributed by atoms with Gasteiger partial charge in [-0.25, -0.2) is 4.39 Å². The van der Waals surface area contributed by atoms with Crippen LogP contribution in [0.15, 0.2) is 29.6 Å². The number of amides is 1. The Morgan fingerprint density at radius 3 is 2.75 bits per heavy atom. The summed E-state index contributed by atoms with van der Waals surface area (Å²) in [6.45, 7) is 5.41. The second-order valence-electron chi connectivity index (χ2n) is 6.96. The van der Waals surface area contributed by atoms with Gasteiger partial charge in [-0.2, -0.15) is 5.26 Å². The van der Waals surface area contributed by atoms with E-state index in [9.17, 15) is 9.18 Å². The average Bonchev–Trinajstić information content (AvgIpc) is 3.14. The van der Waals surface area contributed by atoms with Crippen molar-refractivity contribution in [3.05, 3.63) is 46.6 Å². The van der Waals surface area contributed by atoms with Gasteiger partial charge in [-0.3, -0.25) is 4.79 Å². The number of rotatable bonds is 7. The molecule has 1 aromatic carbocycles. The molecule has 1 amide bonds. The molecule has 0 radical (unpaired) electrons. The first-order chi connectivity index (χ1) is 13.6. The molecule has 0 aliphatic carbocycles. The number of nitrogens with one attached hydrogen (secondary N) is 3. The van der Waals surface area contributed by atoms with E-state index in [1.807, 2.05) is 0 Å². The Hall–Kier alpha value is -2.47. The quantitative estimate of drug-likeness (QED) is 0.612. The first kappa shape index (κ1) is 20.3. The number of ether oxygens (including phenoxy) is 1. The van der Waals surface area contributed by atoms with Crippen molar-refractivity contribution in [2.24, 2.45) is 0 Å². The van der Waals surface area contributed by atoms with Gasteiger partial charge in [0.05, 0.1) is 31.2 Å². The molecule has 0 unspecified atom stereocenters. The number of piperazine rings is 1. The molecule has 6 nitrogen and oxygen atoms in total. The summed E-state index contributed by atoms with van der Waals surface area (Å²) in [7, 11) is 1.61. The minimum atomic E-state index is -0.240. The normalized spacial score (nSPS) is 19.0. The van der Waals surface area contributed by atoms with Crippen molar-refractivity contribution in [3.63, 3.8) is 0 Å². The highest BCUT2D eigenvalue weighted by atomic mass is 32.1. The number of carbonyl (C=O) groups is 1. The van der Waals surface area contributed by atoms with Crippen LogP contribution in [0.3, 0.4) is 0 Å². The molecular weight excluding hydrogens is 379 g/mol. The van der Waals surface area contributed by atoms with Gasteiger partial charge in [-0.15, -0.1) is 11.3 Å². The van der Waals surface area contributed by atoms with Crippen LogP contribution in [-0.2, 0) is 11.3 Å². The van der Waals surface area contributed by atoms with E-state index < -0.39 is 0 Å². The van der Waals surface area contributed by atoms with E-state index in [0.29, 0.717) is 17.0 Å². The van der Waals surface area contributed by atoms with Crippen LogP contribution in [0.5, 0.6) is 5.75 Å². The maximum atomic E-state index is 13.5. The summed E-state index contributed by atoms with van der Waals surface area (Å²) in [6.07, 6.45) is 0.436. The summed E-state index contributed by atoms with van der Waals surface area (Å²) in [4.78, 5) is 14.9. The van der Waals surface area contributed by atoms with Crippen molar-refractivity contribution in [1.82, 2.24) is 0 Å². The number of benzene rings is 1. The predicted octanol–water partition coefficient (Wildman–Crippen LogP) is 0.0797. The van der Waals surface area contributed by atoms with Gasteiger partial charge in [0.1, 0.15) is 55.4 Å². The maximum absolute atomic E-state index is 13.5. The van der Waals surface area contributed by atoms with Gasteiger partial charge in [-0.1, -0.05) is 0 Å². The molecule has 2 heterocycles. The van der Waals surface area contributed by atoms with Crippen LogP contribution < -0.4 is 19.9 Å². The topological polar surface area (TPSA) is 71.0 Å². The van der Waals surface area contributed by atoms with Gasteiger partial charge >= 0.3 is 0 Å². The Bertz CT molecular complexity index is 856. The summed E-state index contributed by atoms with van der Waals surface area (Å²) >= 11 is 1.37. The summed E-state index contributed by atoms with van der Waals surface area (Å²) in [5.74, 6) is 0.437. The fraction of sp³-hybridized carbons (Fsp3) is 0.400. The largest absolute Gasteiger partial charge is 0.496 e. The molecule has 1 aliphatic rings. The van der Waals surface area contributed by atoms with Crippen LogP contribution in [0, 0.1) is 17.1 Å². The van der Waals surface area contributed by atoms with Crippen LogP contribution in [0.2, 0.25) is 0 Å². The minimum absolute atomic E-state index is 0.0503. The minimum Gasteiger partial charge on any atom is -0.496 e. The van der Waals surface area contributed by atoms with Crippen LogP contribution in [0.25, 0.3) is 0 Å². The molecule has 0 bridgehead atoms. The first-order valence-electron chi connectivity index (χ1n) is 9.36. The van der Waals surface area contributed by atoms with Crippen molar-refractivity contribution >= 4 is 22.2 Å². The van der Waals surface area contributed by atoms with Gasteiger partial charge in [0.25, 0.3) is 0 Å². The van der Waals surface area contributed by atoms with Crippen molar-refractivity contribution in [3.8, 4) is 11.8 Å². The summed E-state index contributed by atoms with van der Waals surface area (Å²) in [6, 6.07) is 8.43. The van der Waals surface area contributed by atoms with Gasteiger partial charge < -0.3 is 19.9 Å². The molecule has 0 spiro atoms. The van der Waals surface area contributed by atoms with E-state index in [1.54, 1.807) is 30.7 Å².